The summed E-state index contributed by atoms with van der Waals surface area (Å²) in [5, 5.41) is 9.13. The zero-order valence-electron chi connectivity index (χ0n) is 11.5. The fraction of sp³-hybridized carbons (Fsp3) is 0.846. The van der Waals surface area contributed by atoms with Gasteiger partial charge in [-0.05, 0) is 27.8 Å². The molecule has 0 aromatic heterocycles. The van der Waals surface area contributed by atoms with Crippen molar-refractivity contribution in [2.45, 2.75) is 32.4 Å². The third-order valence-electron chi connectivity index (χ3n) is 3.72. The summed E-state index contributed by atoms with van der Waals surface area (Å²) in [5.74, 6) is 0.306. The highest BCUT2D eigenvalue weighted by Crippen LogP contribution is 2.34. The van der Waals surface area contributed by atoms with Gasteiger partial charge in [0.25, 0.3) is 0 Å². The van der Waals surface area contributed by atoms with Crippen LogP contribution in [0.5, 0.6) is 0 Å². The van der Waals surface area contributed by atoms with Gasteiger partial charge in [0.05, 0.1) is 12.0 Å². The highest BCUT2D eigenvalue weighted by atomic mass is 16.6. The van der Waals surface area contributed by atoms with Crippen molar-refractivity contribution in [2.75, 3.05) is 26.7 Å². The quantitative estimate of drug-likeness (QED) is 0.651. The summed E-state index contributed by atoms with van der Waals surface area (Å²) in [7, 11) is 2.02. The van der Waals surface area contributed by atoms with Crippen LogP contribution in [0.1, 0.15) is 20.8 Å². The van der Waals surface area contributed by atoms with Gasteiger partial charge in [0.15, 0.2) is 0 Å². The lowest BCUT2D eigenvalue weighted by Crippen LogP contribution is -2.38. The van der Waals surface area contributed by atoms with Gasteiger partial charge in [-0.15, -0.1) is 0 Å². The van der Waals surface area contributed by atoms with E-state index in [-0.39, 0.29) is 17.9 Å². The molecular formula is C13H21N3O2. The first-order chi connectivity index (χ1) is 8.31. The van der Waals surface area contributed by atoms with Crippen LogP contribution in [0.3, 0.4) is 0 Å². The Hall–Kier alpha value is -1.28. The second-order valence-electron chi connectivity index (χ2n) is 6.29. The lowest BCUT2D eigenvalue weighted by Gasteiger charge is -2.25. The van der Waals surface area contributed by atoms with E-state index >= 15 is 0 Å². The second-order valence-corrected chi connectivity index (χ2v) is 6.29. The first-order valence-electron chi connectivity index (χ1n) is 6.39. The van der Waals surface area contributed by atoms with Crippen LogP contribution in [0.4, 0.5) is 4.79 Å². The van der Waals surface area contributed by atoms with Crippen molar-refractivity contribution in [2.24, 2.45) is 11.8 Å². The molecule has 2 aliphatic heterocycles. The van der Waals surface area contributed by atoms with Gasteiger partial charge in [0, 0.05) is 31.6 Å². The van der Waals surface area contributed by atoms with Crippen LogP contribution in [0.25, 0.3) is 0 Å². The molecule has 0 spiro atoms. The lowest BCUT2D eigenvalue weighted by molar-refractivity contribution is 0.0272. The van der Waals surface area contributed by atoms with E-state index in [1.54, 1.807) is 4.90 Å². The Morgan fingerprint density at radius 3 is 2.56 bits per heavy atom. The van der Waals surface area contributed by atoms with Crippen LogP contribution in [0, 0.1) is 23.2 Å². The van der Waals surface area contributed by atoms with Gasteiger partial charge >= 0.3 is 6.09 Å². The minimum Gasteiger partial charge on any atom is -0.444 e. The number of likely N-dealkylation sites (tertiary alicyclic amines) is 2. The fourth-order valence-corrected chi connectivity index (χ4v) is 2.87. The van der Waals surface area contributed by atoms with E-state index in [2.05, 4.69) is 11.0 Å². The van der Waals surface area contributed by atoms with Crippen molar-refractivity contribution in [3.8, 4) is 6.07 Å². The predicted molar refractivity (Wildman–Crippen MR) is 66.8 cm³/mol. The average Bonchev–Trinajstić information content (AvgIpc) is 2.77. The van der Waals surface area contributed by atoms with E-state index in [1.807, 2.05) is 27.8 Å². The average molecular weight is 251 g/mol. The Kier molecular flexibility index (Phi) is 3.24. The van der Waals surface area contributed by atoms with E-state index in [0.717, 1.165) is 6.54 Å². The number of amides is 1. The summed E-state index contributed by atoms with van der Waals surface area (Å²) in [5.41, 5.74) is -0.463. The van der Waals surface area contributed by atoms with Gasteiger partial charge in [-0.2, -0.15) is 5.26 Å². The molecule has 2 fully saturated rings. The van der Waals surface area contributed by atoms with Crippen LogP contribution in [0.2, 0.25) is 0 Å². The molecule has 3 unspecified atom stereocenters. The molecule has 0 aliphatic carbocycles. The van der Waals surface area contributed by atoms with E-state index in [9.17, 15) is 4.79 Å². The maximum Gasteiger partial charge on any atom is 0.410 e. The predicted octanol–water partition coefficient (Wildman–Crippen LogP) is 1.31. The Balaban J connectivity index is 2.01. The van der Waals surface area contributed by atoms with Gasteiger partial charge < -0.3 is 9.64 Å². The molecule has 0 bridgehead atoms. The van der Waals surface area contributed by atoms with Crippen molar-refractivity contribution < 1.29 is 9.53 Å². The van der Waals surface area contributed by atoms with E-state index in [1.165, 1.54) is 0 Å². The first-order valence-corrected chi connectivity index (χ1v) is 6.39. The number of hydrogen-bond donors (Lipinski definition) is 0. The first kappa shape index (κ1) is 13.2. The Bertz CT molecular complexity index is 383. The smallest absolute Gasteiger partial charge is 0.410 e. The van der Waals surface area contributed by atoms with E-state index in [0.29, 0.717) is 19.1 Å². The molecule has 2 rings (SSSR count). The molecule has 0 N–H and O–H groups in total. The van der Waals surface area contributed by atoms with Gasteiger partial charge in [-0.1, -0.05) is 0 Å². The number of ether oxygens (including phenoxy) is 1. The molecule has 2 aliphatic rings. The Morgan fingerprint density at radius 2 is 2.00 bits per heavy atom. The monoisotopic (exact) mass is 251 g/mol. The maximum absolute atomic E-state index is 12.0. The third-order valence-corrected chi connectivity index (χ3v) is 3.72. The summed E-state index contributed by atoms with van der Waals surface area (Å²) in [6.45, 7) is 7.73. The van der Waals surface area contributed by atoms with Crippen molar-refractivity contribution >= 4 is 6.09 Å². The Morgan fingerprint density at radius 1 is 1.33 bits per heavy atom. The summed E-state index contributed by atoms with van der Waals surface area (Å²) in [6.07, 6.45) is -0.262. The molecule has 18 heavy (non-hydrogen) atoms. The molecule has 2 saturated heterocycles. The fourth-order valence-electron chi connectivity index (χ4n) is 2.87. The number of hydrogen-bond acceptors (Lipinski definition) is 4. The summed E-state index contributed by atoms with van der Waals surface area (Å²) >= 11 is 0. The molecular weight excluding hydrogens is 230 g/mol. The van der Waals surface area contributed by atoms with Crippen molar-refractivity contribution in [1.29, 1.82) is 5.26 Å². The largest absolute Gasteiger partial charge is 0.444 e. The molecule has 1 amide bonds. The topological polar surface area (TPSA) is 56.6 Å². The number of carbonyl (C=O) groups is 1. The minimum atomic E-state index is -0.463. The van der Waals surface area contributed by atoms with Crippen LogP contribution in [-0.2, 0) is 4.74 Å². The van der Waals surface area contributed by atoms with Crippen LogP contribution in [0.15, 0.2) is 0 Å². The number of rotatable bonds is 0. The van der Waals surface area contributed by atoms with E-state index in [4.69, 9.17) is 10.00 Å². The molecule has 0 radical (unpaired) electrons. The van der Waals surface area contributed by atoms with Crippen molar-refractivity contribution in [3.63, 3.8) is 0 Å². The highest BCUT2D eigenvalue weighted by Gasteiger charge is 2.47. The van der Waals surface area contributed by atoms with Crippen LogP contribution in [-0.4, -0.2) is 54.2 Å². The molecule has 5 nitrogen and oxygen atoms in total. The lowest BCUT2D eigenvalue weighted by atomic mass is 9.95. The second kappa shape index (κ2) is 4.43. The summed E-state index contributed by atoms with van der Waals surface area (Å²) < 4.78 is 5.38. The number of nitrogens with zero attached hydrogens (tertiary/aromatic N) is 3. The van der Waals surface area contributed by atoms with E-state index < -0.39 is 5.60 Å². The van der Waals surface area contributed by atoms with Crippen LogP contribution >= 0.6 is 0 Å². The van der Waals surface area contributed by atoms with Gasteiger partial charge in [0.1, 0.15) is 5.60 Å². The van der Waals surface area contributed by atoms with Gasteiger partial charge in [0.2, 0.25) is 0 Å². The number of likely N-dealkylation sites (N-methyl/N-ethyl adjacent to an activating group) is 1. The number of carbonyl (C=O) groups excluding carboxylic acids is 1. The maximum atomic E-state index is 12.0. The van der Waals surface area contributed by atoms with Crippen LogP contribution < -0.4 is 0 Å². The minimum absolute atomic E-state index is 0.0347. The zero-order valence-corrected chi connectivity index (χ0v) is 11.5. The number of fused-ring (bicyclic) bond motifs is 1. The molecule has 100 valence electrons. The molecule has 5 heteroatoms. The molecule has 0 aromatic carbocycles. The molecule has 0 saturated carbocycles. The van der Waals surface area contributed by atoms with Crippen molar-refractivity contribution in [1.82, 2.24) is 9.80 Å². The summed E-state index contributed by atoms with van der Waals surface area (Å²) in [6, 6.07) is 2.66. The molecule has 0 aromatic rings. The highest BCUT2D eigenvalue weighted by molar-refractivity contribution is 5.68. The third kappa shape index (κ3) is 2.44. The van der Waals surface area contributed by atoms with Gasteiger partial charge in [-0.3, -0.25) is 4.90 Å². The Labute approximate surface area is 108 Å². The normalized spacial score (nSPS) is 32.2. The number of nitriles is 1. The van der Waals surface area contributed by atoms with Crippen molar-refractivity contribution in [3.05, 3.63) is 0 Å². The molecule has 3 atom stereocenters. The zero-order chi connectivity index (χ0) is 13.5. The summed E-state index contributed by atoms with van der Waals surface area (Å²) in [4.78, 5) is 15.9. The van der Waals surface area contributed by atoms with Gasteiger partial charge in [-0.25, -0.2) is 4.79 Å². The standard InChI is InChI=1S/C13H21N3O2/c1-13(2,3)18-12(17)16-7-10-9(5-14)6-15(4)11(10)8-16/h9-11H,6-8H2,1-4H3. The SMILES string of the molecule is CN1CC(C#N)C2CN(C(=O)OC(C)(C)C)CC21. The molecule has 2 heterocycles.